The number of hydrogen-bond donors (Lipinski definition) is 1. The molecule has 29 heavy (non-hydrogen) atoms. The summed E-state index contributed by atoms with van der Waals surface area (Å²) in [5.74, 6) is -0.792. The van der Waals surface area contributed by atoms with Gasteiger partial charge in [0.05, 0.1) is 5.02 Å². The van der Waals surface area contributed by atoms with E-state index in [2.05, 4.69) is 25.1 Å². The SMILES string of the molecule is Cc1c(COc2ccc(/C=C(\C#N)C(=O)O)cc2Cl)cccc1-c1ccccc1. The van der Waals surface area contributed by atoms with E-state index in [1.807, 2.05) is 30.3 Å². The standard InChI is InChI=1S/C24H18ClNO3/c1-16-19(8-5-9-21(16)18-6-3-2-4-7-18)15-29-23-11-10-17(13-22(23)25)12-20(14-26)24(27)28/h2-13H,15H2,1H3,(H,27,28)/b20-12+. The quantitative estimate of drug-likeness (QED) is 0.411. The molecule has 3 rings (SSSR count). The third-order valence-corrected chi connectivity index (χ3v) is 4.83. The van der Waals surface area contributed by atoms with Crippen LogP contribution in [0.15, 0.2) is 72.3 Å². The highest BCUT2D eigenvalue weighted by atomic mass is 35.5. The number of benzene rings is 3. The van der Waals surface area contributed by atoms with Gasteiger partial charge < -0.3 is 9.84 Å². The van der Waals surface area contributed by atoms with Gasteiger partial charge in [0.1, 0.15) is 24.0 Å². The fourth-order valence-electron chi connectivity index (χ4n) is 2.96. The van der Waals surface area contributed by atoms with Crippen LogP contribution in [0.3, 0.4) is 0 Å². The molecule has 0 saturated heterocycles. The number of nitriles is 1. The zero-order valence-electron chi connectivity index (χ0n) is 15.7. The Bertz CT molecular complexity index is 1110. The van der Waals surface area contributed by atoms with Crippen LogP contribution < -0.4 is 4.74 Å². The van der Waals surface area contributed by atoms with Gasteiger partial charge in [0.15, 0.2) is 0 Å². The van der Waals surface area contributed by atoms with Gasteiger partial charge >= 0.3 is 5.97 Å². The van der Waals surface area contributed by atoms with E-state index in [4.69, 9.17) is 26.7 Å². The minimum absolute atomic E-state index is 0.346. The predicted octanol–water partition coefficient (Wildman–Crippen LogP) is 5.89. The Hall–Kier alpha value is -3.55. The third kappa shape index (κ3) is 4.84. The van der Waals surface area contributed by atoms with Crippen molar-refractivity contribution in [2.24, 2.45) is 0 Å². The predicted molar refractivity (Wildman–Crippen MR) is 114 cm³/mol. The van der Waals surface area contributed by atoms with Crippen LogP contribution in [0.4, 0.5) is 0 Å². The molecule has 3 aromatic rings. The number of carboxylic acid groups (broad SMARTS) is 1. The highest BCUT2D eigenvalue weighted by molar-refractivity contribution is 6.32. The monoisotopic (exact) mass is 403 g/mol. The fourth-order valence-corrected chi connectivity index (χ4v) is 3.20. The van der Waals surface area contributed by atoms with Crippen LogP contribution in [-0.2, 0) is 11.4 Å². The molecule has 0 radical (unpaired) electrons. The molecule has 144 valence electrons. The molecule has 4 nitrogen and oxygen atoms in total. The Kier molecular flexibility index (Phi) is 6.33. The first-order chi connectivity index (χ1) is 14.0. The number of carbonyl (C=O) groups is 1. The van der Waals surface area contributed by atoms with Crippen molar-refractivity contribution in [3.63, 3.8) is 0 Å². The maximum Gasteiger partial charge on any atom is 0.346 e. The Labute approximate surface area is 174 Å². The van der Waals surface area contributed by atoms with E-state index >= 15 is 0 Å². The van der Waals surface area contributed by atoms with Crippen LogP contribution in [0, 0.1) is 18.3 Å². The molecule has 5 heteroatoms. The lowest BCUT2D eigenvalue weighted by Crippen LogP contribution is -2.00. The van der Waals surface area contributed by atoms with Gasteiger partial charge in [0, 0.05) is 0 Å². The Balaban J connectivity index is 1.79. The molecule has 0 amide bonds. The first-order valence-electron chi connectivity index (χ1n) is 8.91. The lowest BCUT2D eigenvalue weighted by atomic mass is 9.97. The van der Waals surface area contributed by atoms with Gasteiger partial charge in [0.2, 0.25) is 0 Å². The summed E-state index contributed by atoms with van der Waals surface area (Å²) < 4.78 is 5.89. The summed E-state index contributed by atoms with van der Waals surface area (Å²) in [6.07, 6.45) is 1.27. The number of carboxylic acids is 1. The molecular formula is C24H18ClNO3. The fraction of sp³-hybridized carbons (Fsp3) is 0.0833. The Morgan fingerprint density at radius 2 is 1.90 bits per heavy atom. The highest BCUT2D eigenvalue weighted by Crippen LogP contribution is 2.29. The molecule has 0 atom stereocenters. The van der Waals surface area contributed by atoms with E-state index in [9.17, 15) is 4.79 Å². The largest absolute Gasteiger partial charge is 0.487 e. The normalized spacial score (nSPS) is 11.0. The molecule has 0 spiro atoms. The van der Waals surface area contributed by atoms with Gasteiger partial charge in [-0.15, -0.1) is 0 Å². The minimum atomic E-state index is -1.28. The lowest BCUT2D eigenvalue weighted by molar-refractivity contribution is -0.132. The molecular weight excluding hydrogens is 386 g/mol. The zero-order valence-corrected chi connectivity index (χ0v) is 16.5. The Morgan fingerprint density at radius 3 is 2.55 bits per heavy atom. The summed E-state index contributed by atoms with van der Waals surface area (Å²) in [5.41, 5.74) is 4.63. The van der Waals surface area contributed by atoms with Crippen molar-refractivity contribution in [3.05, 3.63) is 94.0 Å². The smallest absolute Gasteiger partial charge is 0.346 e. The average molecular weight is 404 g/mol. The second kappa shape index (κ2) is 9.09. The molecule has 0 bridgehead atoms. The van der Waals surface area contributed by atoms with Crippen molar-refractivity contribution in [2.45, 2.75) is 13.5 Å². The molecule has 0 heterocycles. The summed E-state index contributed by atoms with van der Waals surface area (Å²) in [5, 5.41) is 18.2. The highest BCUT2D eigenvalue weighted by Gasteiger charge is 2.10. The van der Waals surface area contributed by atoms with Crippen molar-refractivity contribution in [2.75, 3.05) is 0 Å². The van der Waals surface area contributed by atoms with Crippen molar-refractivity contribution < 1.29 is 14.6 Å². The number of ether oxygens (including phenoxy) is 1. The maximum atomic E-state index is 11.0. The van der Waals surface area contributed by atoms with Gasteiger partial charge in [-0.25, -0.2) is 4.79 Å². The van der Waals surface area contributed by atoms with Gasteiger partial charge in [-0.2, -0.15) is 5.26 Å². The number of aliphatic carboxylic acids is 1. The second-order valence-electron chi connectivity index (χ2n) is 6.41. The van der Waals surface area contributed by atoms with E-state index in [1.165, 1.54) is 6.08 Å². The number of nitrogens with zero attached hydrogens (tertiary/aromatic N) is 1. The summed E-state index contributed by atoms with van der Waals surface area (Å²) in [4.78, 5) is 11.0. The molecule has 0 aliphatic carbocycles. The average Bonchev–Trinajstić information content (AvgIpc) is 2.72. The lowest BCUT2D eigenvalue weighted by Gasteiger charge is -2.14. The zero-order chi connectivity index (χ0) is 20.8. The van der Waals surface area contributed by atoms with Crippen molar-refractivity contribution in [3.8, 4) is 22.9 Å². The molecule has 0 aliphatic rings. The molecule has 0 aromatic heterocycles. The van der Waals surface area contributed by atoms with E-state index in [1.54, 1.807) is 24.3 Å². The van der Waals surface area contributed by atoms with E-state index in [0.717, 1.165) is 22.3 Å². The van der Waals surface area contributed by atoms with Crippen LogP contribution in [0.25, 0.3) is 17.2 Å². The van der Waals surface area contributed by atoms with Gasteiger partial charge in [-0.3, -0.25) is 0 Å². The van der Waals surface area contributed by atoms with Gasteiger partial charge in [-0.05, 0) is 52.9 Å². The van der Waals surface area contributed by atoms with Gasteiger partial charge in [-0.1, -0.05) is 66.2 Å². The Morgan fingerprint density at radius 1 is 1.14 bits per heavy atom. The van der Waals surface area contributed by atoms with Crippen LogP contribution in [0.5, 0.6) is 5.75 Å². The van der Waals surface area contributed by atoms with E-state index in [-0.39, 0.29) is 5.57 Å². The molecule has 0 aliphatic heterocycles. The topological polar surface area (TPSA) is 70.3 Å². The summed E-state index contributed by atoms with van der Waals surface area (Å²) >= 11 is 6.28. The second-order valence-corrected chi connectivity index (χ2v) is 6.82. The maximum absolute atomic E-state index is 11.0. The molecule has 0 fully saturated rings. The summed E-state index contributed by atoms with van der Waals surface area (Å²) in [7, 11) is 0. The summed E-state index contributed by atoms with van der Waals surface area (Å²) in [6.45, 7) is 2.41. The van der Waals surface area contributed by atoms with Crippen LogP contribution in [-0.4, -0.2) is 11.1 Å². The first-order valence-corrected chi connectivity index (χ1v) is 9.28. The van der Waals surface area contributed by atoms with E-state index < -0.39 is 5.97 Å². The number of rotatable bonds is 6. The first kappa shape index (κ1) is 20.2. The van der Waals surface area contributed by atoms with Crippen LogP contribution >= 0.6 is 11.6 Å². The number of halogens is 1. The molecule has 1 N–H and O–H groups in total. The molecule has 0 unspecified atom stereocenters. The van der Waals surface area contributed by atoms with Crippen LogP contribution in [0.1, 0.15) is 16.7 Å². The summed E-state index contributed by atoms with van der Waals surface area (Å²) in [6, 6.07) is 22.8. The van der Waals surface area contributed by atoms with Crippen molar-refractivity contribution in [1.82, 2.24) is 0 Å². The minimum Gasteiger partial charge on any atom is -0.487 e. The van der Waals surface area contributed by atoms with Gasteiger partial charge in [0.25, 0.3) is 0 Å². The molecule has 0 saturated carbocycles. The van der Waals surface area contributed by atoms with E-state index in [0.29, 0.717) is 22.9 Å². The van der Waals surface area contributed by atoms with Crippen molar-refractivity contribution >= 4 is 23.6 Å². The third-order valence-electron chi connectivity index (χ3n) is 4.53. The number of hydrogen-bond acceptors (Lipinski definition) is 3. The molecule has 3 aromatic carbocycles. The van der Waals surface area contributed by atoms with Crippen molar-refractivity contribution in [1.29, 1.82) is 5.26 Å². The van der Waals surface area contributed by atoms with Crippen LogP contribution in [0.2, 0.25) is 5.02 Å².